The van der Waals surface area contributed by atoms with Gasteiger partial charge in [-0.2, -0.15) is 15.6 Å². The van der Waals surface area contributed by atoms with Gasteiger partial charge in [0, 0.05) is 6.54 Å². The van der Waals surface area contributed by atoms with Gasteiger partial charge in [-0.1, -0.05) is 0 Å². The molecule has 2 aromatic rings. The summed E-state index contributed by atoms with van der Waals surface area (Å²) in [7, 11) is 0. The van der Waals surface area contributed by atoms with E-state index in [0.29, 0.717) is 5.69 Å². The van der Waals surface area contributed by atoms with Crippen LogP contribution >= 0.6 is 0 Å². The smallest absolute Gasteiger partial charge is 0.237 e. The average molecular weight is 238 g/mol. The third kappa shape index (κ3) is 2.13. The zero-order valence-electron chi connectivity index (χ0n) is 9.75. The molecule has 0 saturated heterocycles. The van der Waals surface area contributed by atoms with Gasteiger partial charge in [0.1, 0.15) is 12.1 Å². The summed E-state index contributed by atoms with van der Waals surface area (Å²) in [5.41, 5.74) is 5.01. The monoisotopic (exact) mass is 238 g/mol. The number of anilines is 1. The quantitative estimate of drug-likeness (QED) is 0.652. The average Bonchev–Trinajstić information content (AvgIpc) is 2.82. The van der Waals surface area contributed by atoms with E-state index >= 15 is 0 Å². The van der Waals surface area contributed by atoms with Gasteiger partial charge in [-0.25, -0.2) is 4.98 Å². The number of nitrogens with one attached hydrogen (secondary N) is 1. The molecular weight excluding hydrogens is 228 g/mol. The minimum Gasteiger partial charge on any atom is -0.331 e. The zero-order valence-corrected chi connectivity index (χ0v) is 9.75. The molecule has 2 rings (SSSR count). The van der Waals surface area contributed by atoms with E-state index in [0.717, 1.165) is 17.6 Å². The molecule has 1 aromatic carbocycles. The van der Waals surface area contributed by atoms with E-state index in [1.54, 1.807) is 18.5 Å². The third-order valence-electron chi connectivity index (χ3n) is 2.47. The van der Waals surface area contributed by atoms with Gasteiger partial charge in [-0.3, -0.25) is 5.43 Å². The van der Waals surface area contributed by atoms with Crippen molar-refractivity contribution in [1.82, 2.24) is 9.55 Å². The summed E-state index contributed by atoms with van der Waals surface area (Å²) in [5.74, 6) is 0. The Morgan fingerprint density at radius 1 is 1.44 bits per heavy atom. The van der Waals surface area contributed by atoms with Crippen LogP contribution in [-0.4, -0.2) is 15.3 Å². The Hall–Kier alpha value is -2.86. The number of fused-ring (bicyclic) bond motifs is 1. The highest BCUT2D eigenvalue weighted by Gasteiger charge is 2.02. The van der Waals surface area contributed by atoms with Crippen LogP contribution in [0.15, 0.2) is 29.6 Å². The van der Waals surface area contributed by atoms with Crippen LogP contribution in [-0.2, 0) is 6.54 Å². The fourth-order valence-corrected chi connectivity index (χ4v) is 1.58. The number of hydrogen-bond donors (Lipinski definition) is 1. The fraction of sp³-hybridized carbons (Fsp3) is 0.167. The van der Waals surface area contributed by atoms with Crippen molar-refractivity contribution in [2.24, 2.45) is 5.10 Å². The predicted octanol–water partition coefficient (Wildman–Crippen LogP) is 1.87. The lowest BCUT2D eigenvalue weighted by molar-refractivity contribution is 0.787. The van der Waals surface area contributed by atoms with Crippen LogP contribution in [0.4, 0.5) is 5.69 Å². The fourth-order valence-electron chi connectivity index (χ4n) is 1.58. The molecule has 0 radical (unpaired) electrons. The van der Waals surface area contributed by atoms with Gasteiger partial charge in [0.15, 0.2) is 0 Å². The first-order chi connectivity index (χ1) is 8.78. The van der Waals surface area contributed by atoms with E-state index in [4.69, 9.17) is 10.5 Å². The van der Waals surface area contributed by atoms with Crippen molar-refractivity contribution in [3.05, 3.63) is 24.5 Å². The highest BCUT2D eigenvalue weighted by molar-refractivity contribution is 6.10. The minimum absolute atomic E-state index is 0.214. The number of nitrogens with zero attached hydrogens (tertiary/aromatic N) is 5. The normalized spacial score (nSPS) is 9.50. The second-order valence-corrected chi connectivity index (χ2v) is 3.53. The number of imidazole rings is 1. The molecule has 0 amide bonds. The molecule has 1 heterocycles. The molecule has 1 N–H and O–H groups in total. The summed E-state index contributed by atoms with van der Waals surface area (Å²) in [6, 6.07) is 8.92. The molecular formula is C12H10N6. The number of hydrazone groups is 1. The van der Waals surface area contributed by atoms with E-state index in [2.05, 4.69) is 15.5 Å². The van der Waals surface area contributed by atoms with Crippen molar-refractivity contribution in [3.8, 4) is 12.1 Å². The van der Waals surface area contributed by atoms with Gasteiger partial charge in [-0.15, -0.1) is 0 Å². The molecule has 1 aromatic heterocycles. The summed E-state index contributed by atoms with van der Waals surface area (Å²) in [5, 5.41) is 20.8. The maximum absolute atomic E-state index is 8.55. The van der Waals surface area contributed by atoms with E-state index in [1.807, 2.05) is 29.7 Å². The number of rotatable bonds is 3. The van der Waals surface area contributed by atoms with Crippen LogP contribution < -0.4 is 5.43 Å². The maximum atomic E-state index is 8.55. The second-order valence-electron chi connectivity index (χ2n) is 3.53. The van der Waals surface area contributed by atoms with E-state index in [9.17, 15) is 0 Å². The molecule has 0 spiro atoms. The first kappa shape index (κ1) is 11.6. The Balaban J connectivity index is 2.30. The van der Waals surface area contributed by atoms with Gasteiger partial charge in [0.25, 0.3) is 0 Å². The number of benzene rings is 1. The highest BCUT2D eigenvalue weighted by Crippen LogP contribution is 2.18. The molecule has 0 atom stereocenters. The molecule has 0 bridgehead atoms. The van der Waals surface area contributed by atoms with Crippen LogP contribution in [0.5, 0.6) is 0 Å². The minimum atomic E-state index is -0.214. The van der Waals surface area contributed by atoms with E-state index in [-0.39, 0.29) is 5.71 Å². The van der Waals surface area contributed by atoms with Crippen molar-refractivity contribution in [3.63, 3.8) is 0 Å². The van der Waals surface area contributed by atoms with Crippen molar-refractivity contribution < 1.29 is 0 Å². The van der Waals surface area contributed by atoms with Crippen molar-refractivity contribution >= 4 is 22.4 Å². The summed E-state index contributed by atoms with van der Waals surface area (Å²) in [6.07, 6.45) is 1.77. The Bertz CT molecular complexity index is 667. The standard InChI is InChI=1S/C12H10N6/c1-2-18-8-15-11-5-9(3-4-12(11)18)16-17-10(6-13)7-14/h3-5,8,16H,2H2,1H3. The summed E-state index contributed by atoms with van der Waals surface area (Å²) >= 11 is 0. The molecule has 0 fully saturated rings. The first-order valence-electron chi connectivity index (χ1n) is 5.37. The van der Waals surface area contributed by atoms with Gasteiger partial charge in [-0.05, 0) is 25.1 Å². The maximum Gasteiger partial charge on any atom is 0.237 e. The van der Waals surface area contributed by atoms with Gasteiger partial charge in [0.05, 0.1) is 23.0 Å². The van der Waals surface area contributed by atoms with E-state index < -0.39 is 0 Å². The highest BCUT2D eigenvalue weighted by atomic mass is 15.3. The third-order valence-corrected chi connectivity index (χ3v) is 2.47. The zero-order chi connectivity index (χ0) is 13.0. The van der Waals surface area contributed by atoms with Crippen LogP contribution in [0.3, 0.4) is 0 Å². The second kappa shape index (κ2) is 4.98. The number of aryl methyl sites for hydroxylation is 1. The molecule has 6 heteroatoms. The predicted molar refractivity (Wildman–Crippen MR) is 67.7 cm³/mol. The van der Waals surface area contributed by atoms with Gasteiger partial charge >= 0.3 is 0 Å². The van der Waals surface area contributed by atoms with Crippen molar-refractivity contribution in [2.45, 2.75) is 13.5 Å². The van der Waals surface area contributed by atoms with Crippen LogP contribution in [0, 0.1) is 22.7 Å². The largest absolute Gasteiger partial charge is 0.331 e. The molecule has 0 aliphatic rings. The lowest BCUT2D eigenvalue weighted by atomic mass is 10.3. The number of nitriles is 2. The topological polar surface area (TPSA) is 89.8 Å². The number of hydrogen-bond acceptors (Lipinski definition) is 5. The van der Waals surface area contributed by atoms with Crippen LogP contribution in [0.2, 0.25) is 0 Å². The Morgan fingerprint density at radius 2 is 2.22 bits per heavy atom. The molecule has 0 saturated carbocycles. The van der Waals surface area contributed by atoms with Crippen LogP contribution in [0.25, 0.3) is 11.0 Å². The molecule has 0 unspecified atom stereocenters. The lowest BCUT2D eigenvalue weighted by Gasteiger charge is -2.01. The Kier molecular flexibility index (Phi) is 3.22. The van der Waals surface area contributed by atoms with Gasteiger partial charge < -0.3 is 4.57 Å². The molecule has 0 aliphatic heterocycles. The Morgan fingerprint density at radius 3 is 2.89 bits per heavy atom. The molecule has 88 valence electrons. The number of aromatic nitrogens is 2. The van der Waals surface area contributed by atoms with Crippen LogP contribution in [0.1, 0.15) is 6.92 Å². The molecule has 18 heavy (non-hydrogen) atoms. The van der Waals surface area contributed by atoms with Crippen molar-refractivity contribution in [2.75, 3.05) is 5.43 Å². The first-order valence-corrected chi connectivity index (χ1v) is 5.37. The van der Waals surface area contributed by atoms with E-state index in [1.165, 1.54) is 0 Å². The molecule has 0 aliphatic carbocycles. The summed E-state index contributed by atoms with van der Waals surface area (Å²) < 4.78 is 2.03. The summed E-state index contributed by atoms with van der Waals surface area (Å²) in [4.78, 5) is 4.26. The molecule has 6 nitrogen and oxygen atoms in total. The Labute approximate surface area is 104 Å². The van der Waals surface area contributed by atoms with Crippen molar-refractivity contribution in [1.29, 1.82) is 10.5 Å². The summed E-state index contributed by atoms with van der Waals surface area (Å²) in [6.45, 7) is 2.90. The SMILES string of the molecule is CCn1cnc2cc(NN=C(C#N)C#N)ccc21. The van der Waals surface area contributed by atoms with Gasteiger partial charge in [0.2, 0.25) is 5.71 Å². The lowest BCUT2D eigenvalue weighted by Crippen LogP contribution is -1.96.